The first-order chi connectivity index (χ1) is 8.65. The quantitative estimate of drug-likeness (QED) is 0.507. The van der Waals surface area contributed by atoms with Crippen molar-refractivity contribution in [1.82, 2.24) is 5.16 Å². The molecule has 0 radical (unpaired) electrons. The van der Waals surface area contributed by atoms with E-state index in [0.29, 0.717) is 17.3 Å². The van der Waals surface area contributed by atoms with Crippen LogP contribution in [-0.4, -0.2) is 10.1 Å². The second-order valence-corrected chi connectivity index (χ2v) is 3.41. The van der Waals surface area contributed by atoms with E-state index in [4.69, 9.17) is 4.52 Å². The van der Waals surface area contributed by atoms with Crippen molar-refractivity contribution in [3.8, 4) is 0 Å². The molecule has 1 N–H and O–H groups in total. The predicted octanol–water partition coefficient (Wildman–Crippen LogP) is 3.00. The van der Waals surface area contributed by atoms with Crippen molar-refractivity contribution < 1.29 is 9.45 Å². The Balaban J connectivity index is 1.98. The number of hydrogen-bond acceptors (Lipinski definition) is 6. The highest BCUT2D eigenvalue weighted by Gasteiger charge is 2.03. The molecule has 0 fully saturated rings. The number of non-ortho nitro benzene ring substituents is 1. The predicted molar refractivity (Wildman–Crippen MR) is 62.5 cm³/mol. The first-order valence-electron chi connectivity index (χ1n) is 4.99. The molecule has 8 nitrogen and oxygen atoms in total. The second kappa shape index (κ2) is 5.04. The number of nitro groups is 1. The van der Waals surface area contributed by atoms with Crippen LogP contribution < -0.4 is 5.43 Å². The summed E-state index contributed by atoms with van der Waals surface area (Å²) in [6, 6.07) is 7.44. The van der Waals surface area contributed by atoms with E-state index in [-0.39, 0.29) is 5.69 Å². The number of aromatic nitrogens is 1. The summed E-state index contributed by atoms with van der Waals surface area (Å²) in [5.41, 5.74) is 3.23. The van der Waals surface area contributed by atoms with E-state index in [2.05, 4.69) is 20.9 Å². The zero-order valence-corrected chi connectivity index (χ0v) is 9.40. The zero-order valence-electron chi connectivity index (χ0n) is 9.40. The van der Waals surface area contributed by atoms with Gasteiger partial charge in [0.1, 0.15) is 5.76 Å². The van der Waals surface area contributed by atoms with Gasteiger partial charge in [-0.15, -0.1) is 5.11 Å². The Morgan fingerprint density at radius 1 is 1.39 bits per heavy atom. The van der Waals surface area contributed by atoms with Crippen LogP contribution in [0, 0.1) is 17.0 Å². The summed E-state index contributed by atoms with van der Waals surface area (Å²) in [6.45, 7) is 1.75. The third-order valence-electron chi connectivity index (χ3n) is 2.03. The minimum absolute atomic E-state index is 0.0182. The van der Waals surface area contributed by atoms with Gasteiger partial charge < -0.3 is 4.52 Å². The molecule has 1 heterocycles. The van der Waals surface area contributed by atoms with Gasteiger partial charge >= 0.3 is 0 Å². The summed E-state index contributed by atoms with van der Waals surface area (Å²) in [7, 11) is 0. The van der Waals surface area contributed by atoms with Crippen LogP contribution in [0.5, 0.6) is 0 Å². The molecule has 0 saturated carbocycles. The average molecular weight is 247 g/mol. The van der Waals surface area contributed by atoms with Crippen molar-refractivity contribution in [3.63, 3.8) is 0 Å². The largest absolute Gasteiger partial charge is 0.359 e. The number of benzene rings is 1. The summed E-state index contributed by atoms with van der Waals surface area (Å²) < 4.78 is 4.80. The summed E-state index contributed by atoms with van der Waals surface area (Å²) in [4.78, 5) is 9.97. The van der Waals surface area contributed by atoms with Crippen LogP contribution in [0.3, 0.4) is 0 Å². The smallest absolute Gasteiger partial charge is 0.269 e. The molecule has 1 aromatic heterocycles. The Kier molecular flexibility index (Phi) is 3.28. The molecule has 0 amide bonds. The molecule has 0 saturated heterocycles. The Labute approximate surface area is 101 Å². The molecule has 2 aromatic rings. The fourth-order valence-electron chi connectivity index (χ4n) is 1.19. The first-order valence-corrected chi connectivity index (χ1v) is 4.99. The van der Waals surface area contributed by atoms with Crippen LogP contribution in [0.15, 0.2) is 45.2 Å². The van der Waals surface area contributed by atoms with Crippen LogP contribution >= 0.6 is 0 Å². The number of aryl methyl sites for hydroxylation is 1. The van der Waals surface area contributed by atoms with Gasteiger partial charge in [-0.25, -0.2) is 0 Å². The molecule has 0 bridgehead atoms. The van der Waals surface area contributed by atoms with Gasteiger partial charge in [0.15, 0.2) is 0 Å². The van der Waals surface area contributed by atoms with Crippen molar-refractivity contribution in [2.45, 2.75) is 6.92 Å². The lowest BCUT2D eigenvalue weighted by Gasteiger charge is -1.97. The Hall–Kier alpha value is -2.77. The fourth-order valence-corrected chi connectivity index (χ4v) is 1.19. The molecule has 0 spiro atoms. The van der Waals surface area contributed by atoms with E-state index in [0.717, 1.165) is 0 Å². The topological polar surface area (TPSA) is 106 Å². The normalized spacial score (nSPS) is 10.7. The molecule has 0 aliphatic heterocycles. The summed E-state index contributed by atoms with van der Waals surface area (Å²) in [6.07, 6.45) is 0. The van der Waals surface area contributed by atoms with Gasteiger partial charge in [0, 0.05) is 18.2 Å². The van der Waals surface area contributed by atoms with Gasteiger partial charge in [-0.2, -0.15) is 0 Å². The molecule has 8 heteroatoms. The number of rotatable bonds is 4. The molecular weight excluding hydrogens is 238 g/mol. The van der Waals surface area contributed by atoms with Gasteiger partial charge in [0.25, 0.3) is 5.69 Å². The maximum absolute atomic E-state index is 10.4. The maximum Gasteiger partial charge on any atom is 0.269 e. The number of nitrogens with zero attached hydrogens (tertiary/aromatic N) is 4. The second-order valence-electron chi connectivity index (χ2n) is 3.41. The molecule has 0 unspecified atom stereocenters. The van der Waals surface area contributed by atoms with Gasteiger partial charge in [0.05, 0.1) is 10.6 Å². The van der Waals surface area contributed by atoms with Crippen LogP contribution in [0.2, 0.25) is 0 Å². The van der Waals surface area contributed by atoms with Gasteiger partial charge in [-0.1, -0.05) is 10.4 Å². The molecule has 92 valence electrons. The Morgan fingerprint density at radius 3 is 2.67 bits per heavy atom. The molecular formula is C10H9N5O3. The van der Waals surface area contributed by atoms with Crippen LogP contribution in [0.1, 0.15) is 5.76 Å². The minimum atomic E-state index is -0.469. The Morgan fingerprint density at radius 2 is 2.11 bits per heavy atom. The van der Waals surface area contributed by atoms with Crippen molar-refractivity contribution in [1.29, 1.82) is 0 Å². The molecule has 1 aromatic carbocycles. The third kappa shape index (κ3) is 2.88. The van der Waals surface area contributed by atoms with E-state index < -0.39 is 4.92 Å². The molecule has 2 rings (SSSR count). The standard InChI is InChI=1S/C10H9N5O3/c1-7-6-10(13-18-7)12-14-11-8-2-4-9(5-3-8)15(16)17/h2-6H,1H3,(H,11,12,13). The van der Waals surface area contributed by atoms with Gasteiger partial charge in [0.2, 0.25) is 5.82 Å². The summed E-state index contributed by atoms with van der Waals surface area (Å²) >= 11 is 0. The summed E-state index contributed by atoms with van der Waals surface area (Å²) in [5.74, 6) is 0.987. The molecule has 0 aliphatic carbocycles. The highest BCUT2D eigenvalue weighted by molar-refractivity contribution is 5.47. The molecule has 0 aliphatic rings. The van der Waals surface area contributed by atoms with Crippen LogP contribution in [0.4, 0.5) is 17.2 Å². The van der Waals surface area contributed by atoms with Gasteiger partial charge in [-0.3, -0.25) is 15.5 Å². The lowest BCUT2D eigenvalue weighted by molar-refractivity contribution is -0.384. The maximum atomic E-state index is 10.4. The number of anilines is 1. The fraction of sp³-hybridized carbons (Fsp3) is 0.100. The highest BCUT2D eigenvalue weighted by Crippen LogP contribution is 2.16. The highest BCUT2D eigenvalue weighted by atomic mass is 16.6. The minimum Gasteiger partial charge on any atom is -0.359 e. The number of nitrogens with one attached hydrogen (secondary N) is 1. The van der Waals surface area contributed by atoms with E-state index in [1.165, 1.54) is 24.3 Å². The lowest BCUT2D eigenvalue weighted by atomic mass is 10.3. The van der Waals surface area contributed by atoms with Gasteiger partial charge in [-0.05, 0) is 19.1 Å². The first kappa shape index (κ1) is 11.7. The van der Waals surface area contributed by atoms with Crippen molar-refractivity contribution in [3.05, 3.63) is 46.2 Å². The van der Waals surface area contributed by atoms with E-state index in [9.17, 15) is 10.1 Å². The summed E-state index contributed by atoms with van der Waals surface area (Å²) in [5, 5.41) is 21.5. The number of nitro benzene ring substituents is 1. The monoisotopic (exact) mass is 247 g/mol. The molecule has 0 atom stereocenters. The number of hydrogen-bond donors (Lipinski definition) is 1. The third-order valence-corrected chi connectivity index (χ3v) is 2.03. The average Bonchev–Trinajstić information content (AvgIpc) is 2.76. The SMILES string of the molecule is Cc1cc(N=NNc2ccc([N+](=O)[O-])cc2)no1. The van der Waals surface area contributed by atoms with Crippen molar-refractivity contribution in [2.75, 3.05) is 5.43 Å². The van der Waals surface area contributed by atoms with E-state index >= 15 is 0 Å². The lowest BCUT2D eigenvalue weighted by Crippen LogP contribution is -1.89. The zero-order chi connectivity index (χ0) is 13.0. The Bertz CT molecular complexity index is 575. The van der Waals surface area contributed by atoms with Crippen molar-refractivity contribution >= 4 is 17.2 Å². The van der Waals surface area contributed by atoms with Crippen molar-refractivity contribution in [2.24, 2.45) is 10.3 Å². The van der Waals surface area contributed by atoms with E-state index in [1.54, 1.807) is 13.0 Å². The molecule has 18 heavy (non-hydrogen) atoms. The van der Waals surface area contributed by atoms with E-state index in [1.807, 2.05) is 0 Å². The van der Waals surface area contributed by atoms with Crippen LogP contribution in [-0.2, 0) is 0 Å². The van der Waals surface area contributed by atoms with Crippen LogP contribution in [0.25, 0.3) is 0 Å².